The molecule has 0 saturated heterocycles. The average molecular weight is 246 g/mol. The summed E-state index contributed by atoms with van der Waals surface area (Å²) in [6.07, 6.45) is 2.90. The number of carboxylic acids is 1. The Kier molecular flexibility index (Phi) is 3.17. The van der Waals surface area contributed by atoms with E-state index in [2.05, 4.69) is 15.9 Å². The zero-order valence-corrected chi connectivity index (χ0v) is 9.61. The molecule has 0 aromatic rings. The highest BCUT2D eigenvalue weighted by molar-refractivity contribution is 9.09. The molecule has 3 heteroatoms. The van der Waals surface area contributed by atoms with Gasteiger partial charge in [0.1, 0.15) is 0 Å². The smallest absolute Gasteiger partial charge is 0.0680 e. The molecule has 0 N–H and O–H groups in total. The van der Waals surface area contributed by atoms with Gasteiger partial charge in [-0.05, 0) is 30.3 Å². The number of hydrogen-bond donors (Lipinski definition) is 0. The lowest BCUT2D eigenvalue weighted by Gasteiger charge is -2.35. The summed E-state index contributed by atoms with van der Waals surface area (Å²) in [6, 6.07) is 0. The molecule has 1 aliphatic carbocycles. The summed E-state index contributed by atoms with van der Waals surface area (Å²) in [5.74, 6) is -1.00. The summed E-state index contributed by atoms with van der Waals surface area (Å²) in [5.41, 5.74) is 1.28. The Hall–Kier alpha value is -0.310. The van der Waals surface area contributed by atoms with Crippen LogP contribution in [0.25, 0.3) is 0 Å². The fourth-order valence-electron chi connectivity index (χ4n) is 2.03. The third-order valence-electron chi connectivity index (χ3n) is 2.68. The van der Waals surface area contributed by atoms with Crippen LogP contribution in [-0.2, 0) is 4.79 Å². The summed E-state index contributed by atoms with van der Waals surface area (Å²) in [5, 5.41) is 11.6. The van der Waals surface area contributed by atoms with Gasteiger partial charge in [-0.1, -0.05) is 35.4 Å². The Bertz CT molecular complexity index is 254. The topological polar surface area (TPSA) is 40.1 Å². The van der Waals surface area contributed by atoms with Gasteiger partial charge in [0.25, 0.3) is 0 Å². The van der Waals surface area contributed by atoms with Crippen molar-refractivity contribution in [1.82, 2.24) is 0 Å². The fraction of sp³-hybridized carbons (Fsp3) is 0.700. The number of allylic oxidation sites excluding steroid dienone is 1. The van der Waals surface area contributed by atoms with E-state index in [9.17, 15) is 9.90 Å². The van der Waals surface area contributed by atoms with Crippen molar-refractivity contribution in [3.05, 3.63) is 11.1 Å². The first-order valence-electron chi connectivity index (χ1n) is 4.49. The molecular weight excluding hydrogens is 232 g/mol. The lowest BCUT2D eigenvalue weighted by molar-refractivity contribution is -0.300. The van der Waals surface area contributed by atoms with E-state index >= 15 is 0 Å². The molecule has 0 saturated carbocycles. The number of hydrogen-bond acceptors (Lipinski definition) is 2. The summed E-state index contributed by atoms with van der Waals surface area (Å²) in [6.45, 7) is 3.94. The van der Waals surface area contributed by atoms with Gasteiger partial charge in [-0.25, -0.2) is 0 Å². The zero-order valence-electron chi connectivity index (χ0n) is 8.02. The number of carboxylic acid groups (broad SMARTS) is 1. The maximum absolute atomic E-state index is 10.9. The molecule has 74 valence electrons. The van der Waals surface area contributed by atoms with E-state index in [4.69, 9.17) is 0 Å². The van der Waals surface area contributed by atoms with Crippen LogP contribution < -0.4 is 5.11 Å². The summed E-state index contributed by atoms with van der Waals surface area (Å²) in [4.78, 5) is 10.9. The van der Waals surface area contributed by atoms with Crippen LogP contribution in [0.3, 0.4) is 0 Å². The van der Waals surface area contributed by atoms with E-state index in [0.29, 0.717) is 10.9 Å². The molecule has 13 heavy (non-hydrogen) atoms. The normalized spacial score (nSPS) is 21.8. The fourth-order valence-corrected chi connectivity index (χ4v) is 2.59. The number of carbonyl (C=O) groups is 1. The maximum Gasteiger partial charge on any atom is 0.0680 e. The predicted molar refractivity (Wildman–Crippen MR) is 53.5 cm³/mol. The van der Waals surface area contributed by atoms with E-state index in [1.54, 1.807) is 0 Å². The largest absolute Gasteiger partial charge is 0.545 e. The highest BCUT2D eigenvalue weighted by Gasteiger charge is 2.29. The zero-order chi connectivity index (χ0) is 10.1. The molecule has 1 rings (SSSR count). The van der Waals surface area contributed by atoms with Crippen LogP contribution in [0.4, 0.5) is 0 Å². The van der Waals surface area contributed by atoms with Gasteiger partial charge in [-0.2, -0.15) is 0 Å². The first-order valence-corrected chi connectivity index (χ1v) is 5.61. The van der Waals surface area contributed by atoms with Gasteiger partial charge < -0.3 is 9.90 Å². The first-order chi connectivity index (χ1) is 5.99. The van der Waals surface area contributed by atoms with Crippen molar-refractivity contribution in [3.63, 3.8) is 0 Å². The van der Waals surface area contributed by atoms with Gasteiger partial charge in [0.15, 0.2) is 0 Å². The van der Waals surface area contributed by atoms with Gasteiger partial charge in [-0.15, -0.1) is 0 Å². The van der Waals surface area contributed by atoms with E-state index in [1.807, 2.05) is 13.8 Å². The number of carbonyl (C=O) groups excluding carboxylic acids is 1. The third kappa shape index (κ3) is 2.13. The van der Waals surface area contributed by atoms with Gasteiger partial charge in [0.2, 0.25) is 0 Å². The molecule has 0 aliphatic heterocycles. The van der Waals surface area contributed by atoms with Crippen molar-refractivity contribution in [2.24, 2.45) is 5.41 Å². The number of rotatable bonds is 2. The molecule has 0 aromatic carbocycles. The molecule has 0 spiro atoms. The van der Waals surface area contributed by atoms with E-state index < -0.39 is 5.97 Å². The second-order valence-electron chi connectivity index (χ2n) is 4.14. The highest BCUT2D eigenvalue weighted by Crippen LogP contribution is 2.40. The average Bonchev–Trinajstić information content (AvgIpc) is 2.01. The molecule has 0 amide bonds. The molecule has 1 aliphatic rings. The molecule has 0 radical (unpaired) electrons. The van der Waals surface area contributed by atoms with Crippen LogP contribution in [0.15, 0.2) is 11.1 Å². The van der Waals surface area contributed by atoms with Crippen LogP contribution in [0.1, 0.15) is 33.1 Å². The molecule has 0 atom stereocenters. The van der Waals surface area contributed by atoms with Gasteiger partial charge in [0, 0.05) is 5.33 Å². The van der Waals surface area contributed by atoms with E-state index in [-0.39, 0.29) is 5.41 Å². The predicted octanol–water partition coefficient (Wildman–Crippen LogP) is 1.64. The molecule has 0 heterocycles. The van der Waals surface area contributed by atoms with Crippen molar-refractivity contribution in [3.8, 4) is 0 Å². The lowest BCUT2D eigenvalue weighted by Crippen LogP contribution is -2.35. The molecule has 0 aromatic heterocycles. The Balaban J connectivity index is 3.12. The summed E-state index contributed by atoms with van der Waals surface area (Å²) in [7, 11) is 0. The van der Waals surface area contributed by atoms with Crippen molar-refractivity contribution >= 4 is 21.9 Å². The third-order valence-corrected chi connectivity index (χ3v) is 3.35. The number of alkyl halides is 1. The SMILES string of the molecule is CC1(C)CCCC(CBr)=C1C(=O)[O-]. The highest BCUT2D eigenvalue weighted by atomic mass is 79.9. The van der Waals surface area contributed by atoms with Gasteiger partial charge in [0.05, 0.1) is 5.97 Å². The number of aliphatic carboxylic acids is 1. The van der Waals surface area contributed by atoms with Crippen LogP contribution in [0.2, 0.25) is 0 Å². The Morgan fingerprint density at radius 2 is 2.23 bits per heavy atom. The maximum atomic E-state index is 10.9. The minimum atomic E-state index is -1.00. The van der Waals surface area contributed by atoms with Crippen LogP contribution in [0.5, 0.6) is 0 Å². The van der Waals surface area contributed by atoms with Crippen LogP contribution >= 0.6 is 15.9 Å². The minimum Gasteiger partial charge on any atom is -0.545 e. The van der Waals surface area contributed by atoms with Crippen molar-refractivity contribution in [2.75, 3.05) is 5.33 Å². The second kappa shape index (κ2) is 3.82. The van der Waals surface area contributed by atoms with E-state index in [0.717, 1.165) is 24.8 Å². The standard InChI is InChI=1S/C10H15BrO2/c1-10(2)5-3-4-7(6-11)8(10)9(12)13/h3-6H2,1-2H3,(H,12,13)/p-1. The summed E-state index contributed by atoms with van der Waals surface area (Å²) < 4.78 is 0. The van der Waals surface area contributed by atoms with Crippen molar-refractivity contribution < 1.29 is 9.90 Å². The summed E-state index contributed by atoms with van der Waals surface area (Å²) >= 11 is 3.32. The van der Waals surface area contributed by atoms with Crippen molar-refractivity contribution in [1.29, 1.82) is 0 Å². The Labute approximate surface area is 87.2 Å². The van der Waals surface area contributed by atoms with Crippen LogP contribution in [0, 0.1) is 5.41 Å². The lowest BCUT2D eigenvalue weighted by atomic mass is 9.73. The molecule has 0 fully saturated rings. The van der Waals surface area contributed by atoms with E-state index in [1.165, 1.54) is 0 Å². The van der Waals surface area contributed by atoms with Gasteiger partial charge in [-0.3, -0.25) is 0 Å². The Morgan fingerprint density at radius 3 is 2.62 bits per heavy atom. The molecule has 2 nitrogen and oxygen atoms in total. The quantitative estimate of drug-likeness (QED) is 0.695. The molecule has 0 bridgehead atoms. The molecular formula is C10H14BrO2-. The Morgan fingerprint density at radius 1 is 1.62 bits per heavy atom. The molecule has 0 unspecified atom stereocenters. The van der Waals surface area contributed by atoms with Crippen LogP contribution in [-0.4, -0.2) is 11.3 Å². The number of halogens is 1. The monoisotopic (exact) mass is 245 g/mol. The van der Waals surface area contributed by atoms with Gasteiger partial charge >= 0.3 is 0 Å². The first kappa shape index (κ1) is 10.8. The minimum absolute atomic E-state index is 0.222. The second-order valence-corrected chi connectivity index (χ2v) is 4.70. The van der Waals surface area contributed by atoms with Crippen molar-refractivity contribution in [2.45, 2.75) is 33.1 Å².